The Morgan fingerprint density at radius 1 is 0.897 bits per heavy atom. The third-order valence-corrected chi connectivity index (χ3v) is 3.86. The van der Waals surface area contributed by atoms with Gasteiger partial charge in [-0.25, -0.2) is 9.18 Å². The van der Waals surface area contributed by atoms with Crippen molar-refractivity contribution < 1.29 is 47.3 Å². The summed E-state index contributed by atoms with van der Waals surface area (Å²) in [5.74, 6) is -3.21. The number of carbonyl (C=O) groups is 4. The lowest BCUT2D eigenvalue weighted by Crippen LogP contribution is -2.60. The third kappa shape index (κ3) is 6.24. The summed E-state index contributed by atoms with van der Waals surface area (Å²) in [5.41, 5.74) is 0.132. The monoisotopic (exact) mass is 412 g/mol. The molecule has 0 aliphatic carbocycles. The lowest BCUT2D eigenvalue weighted by atomic mass is 9.99. The second-order valence-electron chi connectivity index (χ2n) is 6.21. The molecule has 0 bridgehead atoms. The summed E-state index contributed by atoms with van der Waals surface area (Å²) in [7, 11) is 0. The topological polar surface area (TPSA) is 114 Å². The molecule has 1 aliphatic rings. The standard InChI is InChI=1S/C19H21FO9/c1-10(21)25-9-14-16(26-11(2)22)15(20)17(19(28-14)27-12(3)23)29-18(24)13-7-5-4-6-8-13/h4-8,14-17,19H,9H2,1-3H3/t14-,15+,16+,17-,19?/m1/s1. The molecule has 1 aromatic rings. The van der Waals surface area contributed by atoms with Gasteiger partial charge in [0.25, 0.3) is 0 Å². The normalized spacial score (nSPS) is 26.1. The third-order valence-electron chi connectivity index (χ3n) is 3.86. The highest BCUT2D eigenvalue weighted by Gasteiger charge is 2.52. The fourth-order valence-corrected chi connectivity index (χ4v) is 2.68. The quantitative estimate of drug-likeness (QED) is 0.504. The predicted molar refractivity (Wildman–Crippen MR) is 93.2 cm³/mol. The van der Waals surface area contributed by atoms with Crippen molar-refractivity contribution in [1.82, 2.24) is 0 Å². The Kier molecular flexibility index (Phi) is 7.66. The minimum atomic E-state index is -2.12. The van der Waals surface area contributed by atoms with Gasteiger partial charge >= 0.3 is 23.9 Å². The number of hydrogen-bond donors (Lipinski definition) is 0. The first-order valence-electron chi connectivity index (χ1n) is 8.72. The van der Waals surface area contributed by atoms with Crippen LogP contribution in [0.25, 0.3) is 0 Å². The van der Waals surface area contributed by atoms with Gasteiger partial charge in [-0.1, -0.05) is 18.2 Å². The van der Waals surface area contributed by atoms with Crippen molar-refractivity contribution in [3.63, 3.8) is 0 Å². The molecule has 29 heavy (non-hydrogen) atoms. The van der Waals surface area contributed by atoms with Gasteiger partial charge in [-0.05, 0) is 12.1 Å². The summed E-state index contributed by atoms with van der Waals surface area (Å²) in [4.78, 5) is 46.3. The van der Waals surface area contributed by atoms with Crippen molar-refractivity contribution in [3.05, 3.63) is 35.9 Å². The highest BCUT2D eigenvalue weighted by molar-refractivity contribution is 5.89. The minimum Gasteiger partial charge on any atom is -0.463 e. The van der Waals surface area contributed by atoms with E-state index in [9.17, 15) is 19.2 Å². The first-order valence-corrected chi connectivity index (χ1v) is 8.72. The molecule has 1 fully saturated rings. The molecule has 1 aliphatic heterocycles. The Labute approximate surface area is 166 Å². The van der Waals surface area contributed by atoms with Gasteiger partial charge in [0, 0.05) is 20.8 Å². The van der Waals surface area contributed by atoms with E-state index >= 15 is 4.39 Å². The molecule has 2 rings (SSSR count). The molecular formula is C19H21FO9. The second-order valence-corrected chi connectivity index (χ2v) is 6.21. The summed E-state index contributed by atoms with van der Waals surface area (Å²) in [6.07, 6.45) is -8.32. The molecule has 9 nitrogen and oxygen atoms in total. The predicted octanol–water partition coefficient (Wildman–Crippen LogP) is 1.33. The summed E-state index contributed by atoms with van der Waals surface area (Å²) >= 11 is 0. The van der Waals surface area contributed by atoms with Crippen molar-refractivity contribution in [2.75, 3.05) is 6.61 Å². The van der Waals surface area contributed by atoms with Crippen LogP contribution in [0.15, 0.2) is 30.3 Å². The molecular weight excluding hydrogens is 391 g/mol. The summed E-state index contributed by atoms with van der Waals surface area (Å²) in [5, 5.41) is 0. The molecule has 0 amide bonds. The van der Waals surface area contributed by atoms with Crippen LogP contribution in [0.4, 0.5) is 4.39 Å². The highest BCUT2D eigenvalue weighted by Crippen LogP contribution is 2.30. The van der Waals surface area contributed by atoms with Gasteiger partial charge in [0.15, 0.2) is 18.4 Å². The fourth-order valence-electron chi connectivity index (χ4n) is 2.68. The number of alkyl halides is 1. The van der Waals surface area contributed by atoms with Crippen LogP contribution >= 0.6 is 0 Å². The Morgan fingerprint density at radius 2 is 1.52 bits per heavy atom. The first-order chi connectivity index (χ1) is 13.7. The van der Waals surface area contributed by atoms with Crippen molar-refractivity contribution in [2.45, 2.75) is 51.5 Å². The van der Waals surface area contributed by atoms with Gasteiger partial charge in [0.1, 0.15) is 12.7 Å². The van der Waals surface area contributed by atoms with Crippen LogP contribution in [0.2, 0.25) is 0 Å². The summed E-state index contributed by atoms with van der Waals surface area (Å²) in [6, 6.07) is 7.75. The van der Waals surface area contributed by atoms with Crippen LogP contribution in [-0.2, 0) is 38.1 Å². The van der Waals surface area contributed by atoms with E-state index < -0.39 is 61.3 Å². The van der Waals surface area contributed by atoms with E-state index in [0.29, 0.717) is 0 Å². The van der Waals surface area contributed by atoms with Gasteiger partial charge in [-0.2, -0.15) is 0 Å². The average Bonchev–Trinajstić information content (AvgIpc) is 2.65. The van der Waals surface area contributed by atoms with E-state index in [1.807, 2.05) is 0 Å². The van der Waals surface area contributed by atoms with E-state index in [0.717, 1.165) is 20.8 Å². The van der Waals surface area contributed by atoms with Crippen LogP contribution in [0.3, 0.4) is 0 Å². The van der Waals surface area contributed by atoms with Crippen LogP contribution < -0.4 is 0 Å². The zero-order valence-corrected chi connectivity index (χ0v) is 16.0. The molecule has 158 valence electrons. The zero-order chi connectivity index (χ0) is 21.6. The van der Waals surface area contributed by atoms with Gasteiger partial charge in [-0.3, -0.25) is 14.4 Å². The Balaban J connectivity index is 2.27. The Bertz CT molecular complexity index is 751. The van der Waals surface area contributed by atoms with E-state index in [1.165, 1.54) is 12.1 Å². The molecule has 5 atom stereocenters. The molecule has 0 spiro atoms. The van der Waals surface area contributed by atoms with Crippen LogP contribution in [-0.4, -0.2) is 61.3 Å². The van der Waals surface area contributed by atoms with Crippen LogP contribution in [0.1, 0.15) is 31.1 Å². The van der Waals surface area contributed by atoms with E-state index in [1.54, 1.807) is 18.2 Å². The number of ether oxygens (including phenoxy) is 5. The number of benzene rings is 1. The summed E-state index contributed by atoms with van der Waals surface area (Å²) in [6.45, 7) is 2.78. The first kappa shape index (κ1) is 22.3. The maximum atomic E-state index is 15.3. The molecule has 1 aromatic carbocycles. The molecule has 1 unspecified atom stereocenters. The number of esters is 4. The average molecular weight is 412 g/mol. The van der Waals surface area contributed by atoms with Crippen molar-refractivity contribution in [1.29, 1.82) is 0 Å². The SMILES string of the molecule is CC(=O)OC[C@H]1OC(OC(C)=O)[C@H](OC(=O)c2ccccc2)[C@@H](F)[C@H]1OC(C)=O. The van der Waals surface area contributed by atoms with Gasteiger partial charge in [0.2, 0.25) is 6.29 Å². The molecule has 10 heteroatoms. The van der Waals surface area contributed by atoms with E-state index in [2.05, 4.69) is 0 Å². The molecule has 0 aromatic heterocycles. The number of halogens is 1. The zero-order valence-electron chi connectivity index (χ0n) is 16.0. The Hall–Kier alpha value is -3.01. The van der Waals surface area contributed by atoms with Gasteiger partial charge in [-0.15, -0.1) is 0 Å². The fraction of sp³-hybridized carbons (Fsp3) is 0.474. The van der Waals surface area contributed by atoms with Gasteiger partial charge in [0.05, 0.1) is 5.56 Å². The lowest BCUT2D eigenvalue weighted by Gasteiger charge is -2.41. The number of carbonyl (C=O) groups excluding carboxylic acids is 4. The van der Waals surface area contributed by atoms with Crippen molar-refractivity contribution >= 4 is 23.9 Å². The van der Waals surface area contributed by atoms with Crippen molar-refractivity contribution in [3.8, 4) is 0 Å². The minimum absolute atomic E-state index is 0.132. The Morgan fingerprint density at radius 3 is 2.07 bits per heavy atom. The maximum Gasteiger partial charge on any atom is 0.338 e. The molecule has 0 saturated carbocycles. The second kappa shape index (κ2) is 9.97. The maximum absolute atomic E-state index is 15.3. The molecule has 0 radical (unpaired) electrons. The summed E-state index contributed by atoms with van der Waals surface area (Å²) < 4.78 is 40.6. The van der Waals surface area contributed by atoms with E-state index in [-0.39, 0.29) is 5.56 Å². The number of hydrogen-bond acceptors (Lipinski definition) is 9. The lowest BCUT2D eigenvalue weighted by molar-refractivity contribution is -0.284. The van der Waals surface area contributed by atoms with Crippen LogP contribution in [0, 0.1) is 0 Å². The molecule has 0 N–H and O–H groups in total. The van der Waals surface area contributed by atoms with Gasteiger partial charge < -0.3 is 23.7 Å². The number of rotatable bonds is 6. The highest BCUT2D eigenvalue weighted by atomic mass is 19.1. The smallest absolute Gasteiger partial charge is 0.338 e. The van der Waals surface area contributed by atoms with E-state index in [4.69, 9.17) is 23.7 Å². The largest absolute Gasteiger partial charge is 0.463 e. The van der Waals surface area contributed by atoms with Crippen LogP contribution in [0.5, 0.6) is 0 Å². The van der Waals surface area contributed by atoms with Crippen molar-refractivity contribution in [2.24, 2.45) is 0 Å². The molecule has 1 heterocycles. The molecule has 1 saturated heterocycles.